The predicted molar refractivity (Wildman–Crippen MR) is 108 cm³/mol. The van der Waals surface area contributed by atoms with Crippen LogP contribution in [0.4, 0.5) is 0 Å². The molecule has 0 bridgehead atoms. The molecule has 1 aromatic carbocycles. The molecule has 3 heterocycles. The summed E-state index contributed by atoms with van der Waals surface area (Å²) >= 11 is 1.25. The SMILES string of the molecule is O=C(C(O)C(O)c1nc2ccccc2s1)N(Cc1cccnc1)Cc1ccco1. The number of pyridine rings is 1. The van der Waals surface area contributed by atoms with Crippen LogP contribution in [0.1, 0.15) is 22.4 Å². The third kappa shape index (κ3) is 4.34. The van der Waals surface area contributed by atoms with Crippen LogP contribution in [-0.2, 0) is 17.9 Å². The maximum absolute atomic E-state index is 13.0. The van der Waals surface area contributed by atoms with Crippen molar-refractivity contribution in [2.45, 2.75) is 25.3 Å². The molecule has 29 heavy (non-hydrogen) atoms. The Bertz CT molecular complexity index is 1050. The van der Waals surface area contributed by atoms with Crippen LogP contribution in [0, 0.1) is 0 Å². The number of hydrogen-bond acceptors (Lipinski definition) is 7. The average Bonchev–Trinajstić information content (AvgIpc) is 3.42. The molecular formula is C21H19N3O4S. The van der Waals surface area contributed by atoms with E-state index in [4.69, 9.17) is 4.42 Å². The van der Waals surface area contributed by atoms with E-state index in [0.29, 0.717) is 16.3 Å². The lowest BCUT2D eigenvalue weighted by Gasteiger charge is -2.26. The monoisotopic (exact) mass is 409 g/mol. The van der Waals surface area contributed by atoms with Crippen molar-refractivity contribution in [3.05, 3.63) is 83.5 Å². The third-order valence-electron chi connectivity index (χ3n) is 4.45. The number of carbonyl (C=O) groups excluding carboxylic acids is 1. The minimum absolute atomic E-state index is 0.157. The Labute approximate surface area is 170 Å². The van der Waals surface area contributed by atoms with Crippen molar-refractivity contribution in [1.29, 1.82) is 0 Å². The van der Waals surface area contributed by atoms with Crippen molar-refractivity contribution >= 4 is 27.5 Å². The van der Waals surface area contributed by atoms with Crippen molar-refractivity contribution < 1.29 is 19.4 Å². The van der Waals surface area contributed by atoms with Gasteiger partial charge in [0.2, 0.25) is 0 Å². The van der Waals surface area contributed by atoms with E-state index in [9.17, 15) is 15.0 Å². The summed E-state index contributed by atoms with van der Waals surface area (Å²) in [5.41, 5.74) is 1.52. The fraction of sp³-hybridized carbons (Fsp3) is 0.190. The van der Waals surface area contributed by atoms with Gasteiger partial charge in [0.25, 0.3) is 5.91 Å². The van der Waals surface area contributed by atoms with Gasteiger partial charge < -0.3 is 19.5 Å². The Hall–Kier alpha value is -3.07. The van der Waals surface area contributed by atoms with Gasteiger partial charge in [-0.05, 0) is 35.9 Å². The number of thiazole rings is 1. The van der Waals surface area contributed by atoms with Gasteiger partial charge in [-0.1, -0.05) is 18.2 Å². The summed E-state index contributed by atoms with van der Waals surface area (Å²) in [6, 6.07) is 14.5. The van der Waals surface area contributed by atoms with E-state index in [1.807, 2.05) is 30.3 Å². The van der Waals surface area contributed by atoms with Gasteiger partial charge >= 0.3 is 0 Å². The fourth-order valence-electron chi connectivity index (χ4n) is 2.99. The molecule has 148 valence electrons. The number of aliphatic hydroxyl groups excluding tert-OH is 2. The average molecular weight is 409 g/mol. The maximum atomic E-state index is 13.0. The van der Waals surface area contributed by atoms with Gasteiger partial charge in [-0.3, -0.25) is 9.78 Å². The smallest absolute Gasteiger partial charge is 0.255 e. The third-order valence-corrected chi connectivity index (χ3v) is 5.56. The minimum atomic E-state index is -1.65. The summed E-state index contributed by atoms with van der Waals surface area (Å²) in [4.78, 5) is 22.9. The highest BCUT2D eigenvalue weighted by Crippen LogP contribution is 2.29. The first kappa shape index (κ1) is 19.3. The number of furan rings is 1. The van der Waals surface area contributed by atoms with Crippen molar-refractivity contribution in [3.8, 4) is 0 Å². The Morgan fingerprint density at radius 2 is 1.97 bits per heavy atom. The second-order valence-electron chi connectivity index (χ2n) is 6.54. The maximum Gasteiger partial charge on any atom is 0.255 e. The zero-order chi connectivity index (χ0) is 20.2. The quantitative estimate of drug-likeness (QED) is 0.487. The number of fused-ring (bicyclic) bond motifs is 1. The first-order chi connectivity index (χ1) is 14.1. The molecule has 4 rings (SSSR count). The van der Waals surface area contributed by atoms with Crippen LogP contribution >= 0.6 is 11.3 Å². The van der Waals surface area contributed by atoms with E-state index in [2.05, 4.69) is 9.97 Å². The van der Waals surface area contributed by atoms with Crippen LogP contribution in [0.2, 0.25) is 0 Å². The molecule has 0 fully saturated rings. The van der Waals surface area contributed by atoms with Crippen molar-refractivity contribution in [3.63, 3.8) is 0 Å². The molecular weight excluding hydrogens is 390 g/mol. The van der Waals surface area contributed by atoms with Crippen LogP contribution in [0.3, 0.4) is 0 Å². The molecule has 2 N–H and O–H groups in total. The van der Waals surface area contributed by atoms with Crippen molar-refractivity contribution in [1.82, 2.24) is 14.9 Å². The topological polar surface area (TPSA) is 99.7 Å². The standard InChI is InChI=1S/C21H19N3O4S/c25-18(20-23-16-7-1-2-8-17(16)29-20)19(26)21(27)24(13-15-6-4-10-28-15)12-14-5-3-9-22-11-14/h1-11,18-19,25-26H,12-13H2. The Morgan fingerprint density at radius 3 is 2.69 bits per heavy atom. The number of hydrogen-bond donors (Lipinski definition) is 2. The highest BCUT2D eigenvalue weighted by atomic mass is 32.1. The van der Waals surface area contributed by atoms with Gasteiger partial charge in [0.1, 0.15) is 16.9 Å². The fourth-order valence-corrected chi connectivity index (χ4v) is 3.97. The first-order valence-electron chi connectivity index (χ1n) is 9.03. The molecule has 0 spiro atoms. The summed E-state index contributed by atoms with van der Waals surface area (Å²) in [5, 5.41) is 21.5. The number of amides is 1. The summed E-state index contributed by atoms with van der Waals surface area (Å²) in [6.07, 6.45) is 1.75. The number of para-hydroxylation sites is 1. The summed E-state index contributed by atoms with van der Waals surface area (Å²) in [7, 11) is 0. The molecule has 1 amide bonds. The van der Waals surface area contributed by atoms with Gasteiger partial charge in [-0.2, -0.15) is 0 Å². The summed E-state index contributed by atoms with van der Waals surface area (Å²) in [6.45, 7) is 0.376. The van der Waals surface area contributed by atoms with Crippen LogP contribution in [0.15, 0.2) is 71.6 Å². The van der Waals surface area contributed by atoms with E-state index in [-0.39, 0.29) is 13.1 Å². The van der Waals surface area contributed by atoms with Crippen LogP contribution in [0.25, 0.3) is 10.2 Å². The van der Waals surface area contributed by atoms with Crippen LogP contribution in [0.5, 0.6) is 0 Å². The number of aromatic nitrogens is 2. The largest absolute Gasteiger partial charge is 0.467 e. The lowest BCUT2D eigenvalue weighted by molar-refractivity contribution is -0.148. The zero-order valence-electron chi connectivity index (χ0n) is 15.4. The molecule has 2 unspecified atom stereocenters. The molecule has 0 aliphatic carbocycles. The normalized spacial score (nSPS) is 13.3. The lowest BCUT2D eigenvalue weighted by atomic mass is 10.1. The van der Waals surface area contributed by atoms with Gasteiger partial charge in [-0.25, -0.2) is 4.98 Å². The number of benzene rings is 1. The van der Waals surface area contributed by atoms with E-state index in [0.717, 1.165) is 10.3 Å². The molecule has 0 aliphatic rings. The molecule has 7 nitrogen and oxygen atoms in total. The second-order valence-corrected chi connectivity index (χ2v) is 7.61. The number of aliphatic hydroxyl groups is 2. The molecule has 4 aromatic rings. The lowest BCUT2D eigenvalue weighted by Crippen LogP contribution is -2.41. The molecule has 0 aliphatic heterocycles. The number of nitrogens with zero attached hydrogens (tertiary/aromatic N) is 3. The first-order valence-corrected chi connectivity index (χ1v) is 9.85. The van der Waals surface area contributed by atoms with Crippen LogP contribution in [-0.4, -0.2) is 37.1 Å². The zero-order valence-corrected chi connectivity index (χ0v) is 16.2. The Balaban J connectivity index is 1.56. The van der Waals surface area contributed by atoms with Gasteiger partial charge in [0, 0.05) is 18.9 Å². The number of rotatable bonds is 7. The second kappa shape index (κ2) is 8.52. The van der Waals surface area contributed by atoms with E-state index in [1.54, 1.807) is 30.6 Å². The Morgan fingerprint density at radius 1 is 1.10 bits per heavy atom. The van der Waals surface area contributed by atoms with E-state index >= 15 is 0 Å². The molecule has 0 saturated heterocycles. The van der Waals surface area contributed by atoms with Crippen LogP contribution < -0.4 is 0 Å². The van der Waals surface area contributed by atoms with Gasteiger partial charge in [-0.15, -0.1) is 11.3 Å². The molecule has 0 radical (unpaired) electrons. The molecule has 3 aromatic heterocycles. The highest BCUT2D eigenvalue weighted by molar-refractivity contribution is 7.18. The minimum Gasteiger partial charge on any atom is -0.467 e. The van der Waals surface area contributed by atoms with E-state index in [1.165, 1.54) is 22.5 Å². The van der Waals surface area contributed by atoms with E-state index < -0.39 is 18.1 Å². The Kier molecular flexibility index (Phi) is 5.66. The molecule has 8 heteroatoms. The van der Waals surface area contributed by atoms with Crippen molar-refractivity contribution in [2.75, 3.05) is 0 Å². The highest BCUT2D eigenvalue weighted by Gasteiger charge is 2.32. The summed E-state index contributed by atoms with van der Waals surface area (Å²) < 4.78 is 6.23. The predicted octanol–water partition coefficient (Wildman–Crippen LogP) is 2.91. The molecule has 2 atom stereocenters. The van der Waals surface area contributed by atoms with Gasteiger partial charge in [0.15, 0.2) is 6.10 Å². The summed E-state index contributed by atoms with van der Waals surface area (Å²) in [5.74, 6) is -0.0408. The van der Waals surface area contributed by atoms with Crippen molar-refractivity contribution in [2.24, 2.45) is 0 Å². The molecule has 0 saturated carbocycles. The number of carbonyl (C=O) groups is 1. The van der Waals surface area contributed by atoms with Gasteiger partial charge in [0.05, 0.1) is 23.0 Å².